The summed E-state index contributed by atoms with van der Waals surface area (Å²) in [5.74, 6) is 0.0803. The van der Waals surface area contributed by atoms with Crippen molar-refractivity contribution in [2.75, 3.05) is 31.1 Å². The van der Waals surface area contributed by atoms with Crippen LogP contribution in [0.25, 0.3) is 21.3 Å². The van der Waals surface area contributed by atoms with Gasteiger partial charge in [0.2, 0.25) is 0 Å². The van der Waals surface area contributed by atoms with E-state index in [-0.39, 0.29) is 5.91 Å². The summed E-state index contributed by atoms with van der Waals surface area (Å²) in [5, 5.41) is 1.91. The van der Waals surface area contributed by atoms with Crippen LogP contribution < -0.4 is 4.90 Å². The zero-order chi connectivity index (χ0) is 20.0. The number of piperazine rings is 1. The highest BCUT2D eigenvalue weighted by Crippen LogP contribution is 2.28. The Labute approximate surface area is 172 Å². The molecule has 29 heavy (non-hydrogen) atoms. The van der Waals surface area contributed by atoms with Crippen LogP contribution in [-0.2, 0) is 0 Å². The predicted molar refractivity (Wildman–Crippen MR) is 117 cm³/mol. The van der Waals surface area contributed by atoms with Gasteiger partial charge in [0.05, 0.1) is 11.1 Å². The second kappa shape index (κ2) is 7.08. The van der Waals surface area contributed by atoms with Crippen LogP contribution in [0.3, 0.4) is 0 Å². The van der Waals surface area contributed by atoms with Crippen LogP contribution in [0.5, 0.6) is 0 Å². The highest BCUT2D eigenvalue weighted by Gasteiger charge is 2.25. The van der Waals surface area contributed by atoms with Crippen molar-refractivity contribution < 1.29 is 4.79 Å². The summed E-state index contributed by atoms with van der Waals surface area (Å²) < 4.78 is 0. The molecule has 146 valence electrons. The molecule has 0 spiro atoms. The first-order chi connectivity index (χ1) is 14.1. The minimum absolute atomic E-state index is 0.0803. The topological polar surface area (TPSA) is 62.2 Å². The quantitative estimate of drug-likeness (QED) is 0.509. The Kier molecular flexibility index (Phi) is 4.39. The van der Waals surface area contributed by atoms with Crippen LogP contribution in [0.4, 0.5) is 5.13 Å². The third kappa shape index (κ3) is 3.31. The Morgan fingerprint density at radius 2 is 1.83 bits per heavy atom. The van der Waals surface area contributed by atoms with E-state index in [1.165, 1.54) is 0 Å². The number of amides is 1. The van der Waals surface area contributed by atoms with Crippen molar-refractivity contribution in [3.05, 3.63) is 59.4 Å². The number of carbonyl (C=O) groups is 1. The Morgan fingerprint density at radius 1 is 1.00 bits per heavy atom. The maximum absolute atomic E-state index is 13.3. The molecule has 0 unspecified atom stereocenters. The van der Waals surface area contributed by atoms with Gasteiger partial charge in [-0.15, -0.1) is 0 Å². The number of thiazole rings is 1. The summed E-state index contributed by atoms with van der Waals surface area (Å²) in [5.41, 5.74) is 4.55. The van der Waals surface area contributed by atoms with Crippen LogP contribution in [-0.4, -0.2) is 51.9 Å². The third-order valence-corrected chi connectivity index (χ3v) is 6.36. The van der Waals surface area contributed by atoms with Crippen molar-refractivity contribution in [1.29, 1.82) is 0 Å². The van der Waals surface area contributed by atoms with Crippen LogP contribution in [0.2, 0.25) is 0 Å². The fourth-order valence-electron chi connectivity index (χ4n) is 3.81. The summed E-state index contributed by atoms with van der Waals surface area (Å²) in [6, 6.07) is 11.9. The lowest BCUT2D eigenvalue weighted by Gasteiger charge is -2.34. The van der Waals surface area contributed by atoms with Crippen molar-refractivity contribution in [3.63, 3.8) is 0 Å². The number of hydrogen-bond donors (Lipinski definition) is 0. The molecule has 0 radical (unpaired) electrons. The minimum atomic E-state index is 0.0803. The Balaban J connectivity index is 1.37. The molecule has 1 saturated heterocycles. The van der Waals surface area contributed by atoms with Gasteiger partial charge in [-0.1, -0.05) is 23.0 Å². The zero-order valence-corrected chi connectivity index (χ0v) is 17.2. The SMILES string of the molecule is Cc1ccc2nc(C)cc(C(=O)N3CCN(c4nc5cccnc5s4)CC3)c2c1. The lowest BCUT2D eigenvalue weighted by molar-refractivity contribution is 0.0748. The van der Waals surface area contributed by atoms with E-state index in [1.807, 2.05) is 49.1 Å². The third-order valence-electron chi connectivity index (χ3n) is 5.32. The second-order valence-corrected chi connectivity index (χ2v) is 8.39. The van der Waals surface area contributed by atoms with Gasteiger partial charge < -0.3 is 9.80 Å². The summed E-state index contributed by atoms with van der Waals surface area (Å²) in [4.78, 5) is 32.1. The van der Waals surface area contributed by atoms with Gasteiger partial charge in [0.25, 0.3) is 5.91 Å². The first-order valence-corrected chi connectivity index (χ1v) is 10.5. The average Bonchev–Trinajstić information content (AvgIpc) is 3.17. The number of aromatic nitrogens is 3. The number of carbonyl (C=O) groups excluding carboxylic acids is 1. The van der Waals surface area contributed by atoms with Crippen molar-refractivity contribution in [2.45, 2.75) is 13.8 Å². The molecule has 4 heterocycles. The molecule has 6 nitrogen and oxygen atoms in total. The summed E-state index contributed by atoms with van der Waals surface area (Å²) >= 11 is 1.61. The van der Waals surface area contributed by atoms with E-state index >= 15 is 0 Å². The Hall–Kier alpha value is -3.06. The van der Waals surface area contributed by atoms with Crippen molar-refractivity contribution in [1.82, 2.24) is 19.9 Å². The monoisotopic (exact) mass is 403 g/mol. The summed E-state index contributed by atoms with van der Waals surface area (Å²) in [7, 11) is 0. The fourth-order valence-corrected chi connectivity index (χ4v) is 4.77. The molecule has 0 aliphatic carbocycles. The molecule has 3 aromatic heterocycles. The first kappa shape index (κ1) is 18.0. The summed E-state index contributed by atoms with van der Waals surface area (Å²) in [6.45, 7) is 6.88. The van der Waals surface area contributed by atoms with E-state index in [4.69, 9.17) is 4.98 Å². The van der Waals surface area contributed by atoms with Gasteiger partial charge in [0, 0.05) is 43.5 Å². The van der Waals surface area contributed by atoms with Gasteiger partial charge in [-0.3, -0.25) is 9.78 Å². The van der Waals surface area contributed by atoms with Crippen LogP contribution in [0.1, 0.15) is 21.6 Å². The molecule has 4 aromatic rings. The first-order valence-electron chi connectivity index (χ1n) is 9.72. The number of rotatable bonds is 2. The minimum Gasteiger partial charge on any atom is -0.344 e. The van der Waals surface area contributed by atoms with E-state index in [0.29, 0.717) is 13.1 Å². The Bertz CT molecular complexity index is 1190. The number of benzene rings is 1. The molecule has 0 atom stereocenters. The molecule has 1 aliphatic rings. The van der Waals surface area contributed by atoms with Crippen molar-refractivity contribution >= 4 is 43.6 Å². The molecule has 1 aliphatic heterocycles. The summed E-state index contributed by atoms with van der Waals surface area (Å²) in [6.07, 6.45) is 1.80. The van der Waals surface area contributed by atoms with Crippen molar-refractivity contribution in [2.24, 2.45) is 0 Å². The molecular weight excluding hydrogens is 382 g/mol. The van der Waals surface area contributed by atoms with E-state index < -0.39 is 0 Å². The maximum atomic E-state index is 13.3. The van der Waals surface area contributed by atoms with Gasteiger partial charge in [0.15, 0.2) is 5.13 Å². The Morgan fingerprint density at radius 3 is 2.62 bits per heavy atom. The van der Waals surface area contributed by atoms with Gasteiger partial charge >= 0.3 is 0 Å². The van der Waals surface area contributed by atoms with Crippen LogP contribution >= 0.6 is 11.3 Å². The number of nitrogens with zero attached hydrogens (tertiary/aromatic N) is 5. The van der Waals surface area contributed by atoms with E-state index in [0.717, 1.165) is 56.3 Å². The van der Waals surface area contributed by atoms with Crippen molar-refractivity contribution in [3.8, 4) is 0 Å². The molecule has 1 amide bonds. The number of pyridine rings is 2. The molecular formula is C22H21N5OS. The number of anilines is 1. The zero-order valence-electron chi connectivity index (χ0n) is 16.4. The number of hydrogen-bond acceptors (Lipinski definition) is 6. The highest BCUT2D eigenvalue weighted by atomic mass is 32.1. The smallest absolute Gasteiger partial charge is 0.254 e. The number of aryl methyl sites for hydroxylation is 2. The van der Waals surface area contributed by atoms with Gasteiger partial charge in [-0.2, -0.15) is 0 Å². The standard InChI is InChI=1S/C22H21N5OS/c1-14-5-6-18-16(12-14)17(13-15(2)24-18)21(28)26-8-10-27(11-9-26)22-25-19-4-3-7-23-20(19)29-22/h3-7,12-13H,8-11H2,1-2H3. The molecule has 0 N–H and O–H groups in total. The molecule has 0 bridgehead atoms. The molecule has 1 aromatic carbocycles. The van der Waals surface area contributed by atoms with Gasteiger partial charge in [0.1, 0.15) is 10.3 Å². The second-order valence-electron chi connectivity index (χ2n) is 7.44. The largest absolute Gasteiger partial charge is 0.344 e. The highest BCUT2D eigenvalue weighted by molar-refractivity contribution is 7.21. The lowest BCUT2D eigenvalue weighted by Crippen LogP contribution is -2.48. The van der Waals surface area contributed by atoms with Gasteiger partial charge in [-0.25, -0.2) is 9.97 Å². The van der Waals surface area contributed by atoms with E-state index in [1.54, 1.807) is 17.5 Å². The molecule has 5 rings (SSSR count). The average molecular weight is 404 g/mol. The molecule has 7 heteroatoms. The lowest BCUT2D eigenvalue weighted by atomic mass is 10.0. The van der Waals surface area contributed by atoms with E-state index in [9.17, 15) is 4.79 Å². The maximum Gasteiger partial charge on any atom is 0.254 e. The molecule has 1 fully saturated rings. The number of fused-ring (bicyclic) bond motifs is 2. The molecule has 0 saturated carbocycles. The van der Waals surface area contributed by atoms with Crippen LogP contribution in [0, 0.1) is 13.8 Å². The van der Waals surface area contributed by atoms with E-state index in [2.05, 4.69) is 20.9 Å². The van der Waals surface area contributed by atoms with Gasteiger partial charge in [-0.05, 0) is 44.2 Å². The fraction of sp³-hybridized carbons (Fsp3) is 0.273. The normalized spacial score (nSPS) is 14.7. The predicted octanol–water partition coefficient (Wildman–Crippen LogP) is 3.82. The van der Waals surface area contributed by atoms with Crippen LogP contribution in [0.15, 0.2) is 42.6 Å².